The first kappa shape index (κ1) is 13.0. The van der Waals surface area contributed by atoms with Gasteiger partial charge < -0.3 is 15.2 Å². The van der Waals surface area contributed by atoms with Crippen LogP contribution in [0.25, 0.3) is 0 Å². The Kier molecular flexibility index (Phi) is 4.03. The van der Waals surface area contributed by atoms with Crippen molar-refractivity contribution < 1.29 is 14.3 Å². The molecule has 0 bridgehead atoms. The average Bonchev–Trinajstić information content (AvgIpc) is 2.43. The molecule has 0 aliphatic carbocycles. The third-order valence-electron chi connectivity index (χ3n) is 2.62. The molecule has 0 saturated carbocycles. The number of hydrogen-bond donors (Lipinski definition) is 1. The molecule has 2 rings (SSSR count). The van der Waals surface area contributed by atoms with Crippen molar-refractivity contribution in [2.45, 2.75) is 6.42 Å². The van der Waals surface area contributed by atoms with Gasteiger partial charge in [-0.3, -0.25) is 4.79 Å². The van der Waals surface area contributed by atoms with Gasteiger partial charge >= 0.3 is 5.97 Å². The van der Waals surface area contributed by atoms with Gasteiger partial charge in [0.1, 0.15) is 11.5 Å². The second kappa shape index (κ2) is 5.91. The molecule has 4 heteroatoms. The highest BCUT2D eigenvalue weighted by Gasteiger charge is 2.03. The molecule has 0 atom stereocenters. The topological polar surface area (TPSA) is 61.5 Å². The first-order chi connectivity index (χ1) is 9.17. The number of nitrogens with two attached hydrogens (primary N) is 1. The molecule has 0 amide bonds. The number of benzene rings is 2. The minimum Gasteiger partial charge on any atom is -0.469 e. The van der Waals surface area contributed by atoms with Gasteiger partial charge in [0.2, 0.25) is 0 Å². The van der Waals surface area contributed by atoms with E-state index in [0.717, 1.165) is 11.3 Å². The molecule has 2 aromatic rings. The largest absolute Gasteiger partial charge is 0.469 e. The van der Waals surface area contributed by atoms with Crippen LogP contribution in [0.5, 0.6) is 11.5 Å². The van der Waals surface area contributed by atoms with Gasteiger partial charge in [0.15, 0.2) is 0 Å². The fourth-order valence-electron chi connectivity index (χ4n) is 1.59. The van der Waals surface area contributed by atoms with Crippen LogP contribution in [0.3, 0.4) is 0 Å². The van der Waals surface area contributed by atoms with Gasteiger partial charge in [0, 0.05) is 5.69 Å². The zero-order chi connectivity index (χ0) is 13.7. The normalized spacial score (nSPS) is 9.95. The van der Waals surface area contributed by atoms with E-state index in [4.69, 9.17) is 10.5 Å². The summed E-state index contributed by atoms with van der Waals surface area (Å²) in [7, 11) is 1.38. The lowest BCUT2D eigenvalue weighted by Crippen LogP contribution is -2.04. The first-order valence-corrected chi connectivity index (χ1v) is 5.86. The van der Waals surface area contributed by atoms with Crippen LogP contribution < -0.4 is 10.5 Å². The summed E-state index contributed by atoms with van der Waals surface area (Å²) in [4.78, 5) is 11.1. The molecule has 0 heterocycles. The predicted molar refractivity (Wildman–Crippen MR) is 73.1 cm³/mol. The molecule has 0 aromatic heterocycles. The SMILES string of the molecule is COC(=O)Cc1ccc(Oc2ccc(N)cc2)cc1. The molecular formula is C15H15NO3. The number of nitrogen functional groups attached to an aromatic ring is 1. The molecule has 0 unspecified atom stereocenters. The van der Waals surface area contributed by atoms with Crippen molar-refractivity contribution in [2.24, 2.45) is 0 Å². The van der Waals surface area contributed by atoms with E-state index in [1.807, 2.05) is 24.3 Å². The summed E-state index contributed by atoms with van der Waals surface area (Å²) in [5.74, 6) is 1.17. The van der Waals surface area contributed by atoms with E-state index in [9.17, 15) is 4.79 Å². The van der Waals surface area contributed by atoms with Crippen LogP contribution in [-0.2, 0) is 16.0 Å². The highest BCUT2D eigenvalue weighted by Crippen LogP contribution is 2.22. The number of rotatable bonds is 4. The third kappa shape index (κ3) is 3.74. The van der Waals surface area contributed by atoms with Gasteiger partial charge in [-0.05, 0) is 42.0 Å². The molecule has 0 spiro atoms. The van der Waals surface area contributed by atoms with Crippen molar-refractivity contribution in [3.63, 3.8) is 0 Å². The zero-order valence-corrected chi connectivity index (χ0v) is 10.6. The van der Waals surface area contributed by atoms with Gasteiger partial charge in [0.05, 0.1) is 13.5 Å². The average molecular weight is 257 g/mol. The minimum atomic E-state index is -0.257. The van der Waals surface area contributed by atoms with Crippen molar-refractivity contribution in [3.8, 4) is 11.5 Å². The van der Waals surface area contributed by atoms with E-state index in [-0.39, 0.29) is 12.4 Å². The van der Waals surface area contributed by atoms with Crippen molar-refractivity contribution in [1.29, 1.82) is 0 Å². The highest BCUT2D eigenvalue weighted by molar-refractivity contribution is 5.72. The van der Waals surface area contributed by atoms with Gasteiger partial charge in [-0.15, -0.1) is 0 Å². The van der Waals surface area contributed by atoms with Crippen molar-refractivity contribution in [2.75, 3.05) is 12.8 Å². The summed E-state index contributed by atoms with van der Waals surface area (Å²) in [6, 6.07) is 14.5. The van der Waals surface area contributed by atoms with E-state index in [1.165, 1.54) is 7.11 Å². The van der Waals surface area contributed by atoms with Gasteiger partial charge in [-0.1, -0.05) is 12.1 Å². The van der Waals surface area contributed by atoms with E-state index in [2.05, 4.69) is 4.74 Å². The number of hydrogen-bond acceptors (Lipinski definition) is 4. The lowest BCUT2D eigenvalue weighted by molar-refractivity contribution is -0.139. The van der Waals surface area contributed by atoms with Crippen LogP contribution >= 0.6 is 0 Å². The fraction of sp³-hybridized carbons (Fsp3) is 0.133. The van der Waals surface area contributed by atoms with E-state index in [0.29, 0.717) is 11.4 Å². The summed E-state index contributed by atoms with van der Waals surface area (Å²) in [5.41, 5.74) is 7.18. The van der Waals surface area contributed by atoms with Gasteiger partial charge in [0.25, 0.3) is 0 Å². The van der Waals surface area contributed by atoms with Crippen molar-refractivity contribution in [3.05, 3.63) is 54.1 Å². The summed E-state index contributed by atoms with van der Waals surface area (Å²) >= 11 is 0. The van der Waals surface area contributed by atoms with E-state index in [1.54, 1.807) is 24.3 Å². The molecule has 0 saturated heterocycles. The molecule has 0 radical (unpaired) electrons. The molecule has 0 fully saturated rings. The molecule has 0 aliphatic heterocycles. The third-order valence-corrected chi connectivity index (χ3v) is 2.62. The van der Waals surface area contributed by atoms with Crippen LogP contribution in [0.2, 0.25) is 0 Å². The monoisotopic (exact) mass is 257 g/mol. The predicted octanol–water partition coefficient (Wildman–Crippen LogP) is 2.78. The van der Waals surface area contributed by atoms with Crippen LogP contribution in [0.1, 0.15) is 5.56 Å². The van der Waals surface area contributed by atoms with Gasteiger partial charge in [-0.25, -0.2) is 0 Å². The Bertz CT molecular complexity index is 547. The molecule has 2 aromatic carbocycles. The van der Waals surface area contributed by atoms with Crippen LogP contribution in [0.4, 0.5) is 5.69 Å². The number of esters is 1. The first-order valence-electron chi connectivity index (χ1n) is 5.86. The van der Waals surface area contributed by atoms with Crippen molar-refractivity contribution >= 4 is 11.7 Å². The Morgan fingerprint density at radius 1 is 1.00 bits per heavy atom. The zero-order valence-electron chi connectivity index (χ0n) is 10.6. The maximum absolute atomic E-state index is 11.1. The lowest BCUT2D eigenvalue weighted by atomic mass is 10.1. The minimum absolute atomic E-state index is 0.257. The smallest absolute Gasteiger partial charge is 0.309 e. The van der Waals surface area contributed by atoms with Crippen LogP contribution in [0.15, 0.2) is 48.5 Å². The van der Waals surface area contributed by atoms with Crippen molar-refractivity contribution in [1.82, 2.24) is 0 Å². The fourth-order valence-corrected chi connectivity index (χ4v) is 1.59. The Morgan fingerprint density at radius 2 is 1.53 bits per heavy atom. The second-order valence-electron chi connectivity index (χ2n) is 4.07. The molecule has 19 heavy (non-hydrogen) atoms. The van der Waals surface area contributed by atoms with E-state index < -0.39 is 0 Å². The second-order valence-corrected chi connectivity index (χ2v) is 4.07. The maximum Gasteiger partial charge on any atom is 0.309 e. The summed E-state index contributed by atoms with van der Waals surface area (Å²) < 4.78 is 10.3. The number of anilines is 1. The lowest BCUT2D eigenvalue weighted by Gasteiger charge is -2.06. The summed E-state index contributed by atoms with van der Waals surface area (Å²) in [5, 5.41) is 0. The Balaban J connectivity index is 2.02. The molecule has 0 aliphatic rings. The summed E-state index contributed by atoms with van der Waals surface area (Å²) in [6.07, 6.45) is 0.263. The maximum atomic E-state index is 11.1. The molecular weight excluding hydrogens is 242 g/mol. The number of ether oxygens (including phenoxy) is 2. The van der Waals surface area contributed by atoms with Crippen LogP contribution in [0, 0.1) is 0 Å². The highest BCUT2D eigenvalue weighted by atomic mass is 16.5. The van der Waals surface area contributed by atoms with Gasteiger partial charge in [-0.2, -0.15) is 0 Å². The van der Waals surface area contributed by atoms with Crippen LogP contribution in [-0.4, -0.2) is 13.1 Å². The molecule has 98 valence electrons. The summed E-state index contributed by atoms with van der Waals surface area (Å²) in [6.45, 7) is 0. The number of methoxy groups -OCH3 is 1. The molecule has 2 N–H and O–H groups in total. The Morgan fingerprint density at radius 3 is 2.05 bits per heavy atom. The standard InChI is InChI=1S/C15H15NO3/c1-18-15(17)10-11-2-6-13(7-3-11)19-14-8-4-12(16)5-9-14/h2-9H,10,16H2,1H3. The quantitative estimate of drug-likeness (QED) is 0.675. The Hall–Kier alpha value is -2.49. The number of carbonyl (C=O) groups excluding carboxylic acids is 1. The number of carbonyl (C=O) groups is 1. The van der Waals surface area contributed by atoms with E-state index >= 15 is 0 Å². The Labute approximate surface area is 111 Å². The molecule has 4 nitrogen and oxygen atoms in total.